The number of benzene rings is 2. The zero-order valence-corrected chi connectivity index (χ0v) is 27.7. The first kappa shape index (κ1) is 41.1. The fourth-order valence-electron chi connectivity index (χ4n) is 5.22. The molecule has 1 aliphatic rings. The van der Waals surface area contributed by atoms with Crippen LogP contribution in [0.1, 0.15) is 43.2 Å². The number of esters is 2. The Morgan fingerprint density at radius 3 is 2.55 bits per heavy atom. The molecule has 1 aliphatic carbocycles. The molecule has 0 unspecified atom stereocenters. The van der Waals surface area contributed by atoms with Crippen molar-refractivity contribution in [2.75, 3.05) is 26.9 Å². The molecule has 0 aliphatic heterocycles. The lowest BCUT2D eigenvalue weighted by Crippen LogP contribution is -2.21. The van der Waals surface area contributed by atoms with Gasteiger partial charge in [-0.15, -0.1) is 0 Å². The maximum atomic E-state index is 12.9. The van der Waals surface area contributed by atoms with Crippen LogP contribution in [0.4, 0.5) is 13.2 Å². The van der Waals surface area contributed by atoms with E-state index in [1.165, 1.54) is 37.5 Å². The van der Waals surface area contributed by atoms with Crippen molar-refractivity contribution in [3.05, 3.63) is 84.0 Å². The first-order valence-corrected chi connectivity index (χ1v) is 16.0. The summed E-state index contributed by atoms with van der Waals surface area (Å²) in [5.74, 6) is -1.60. The molecule has 0 amide bonds. The second-order valence-electron chi connectivity index (χ2n) is 11.5. The molecular formula is C35H42F3NO12. The summed E-state index contributed by atoms with van der Waals surface area (Å²) in [6.45, 7) is -0.789. The minimum Gasteiger partial charge on any atom is -0.493 e. The Morgan fingerprint density at radius 2 is 1.82 bits per heavy atom. The Balaban J connectivity index is 1.41. The lowest BCUT2D eigenvalue weighted by Gasteiger charge is -2.19. The van der Waals surface area contributed by atoms with Crippen LogP contribution in [-0.2, 0) is 25.3 Å². The highest BCUT2D eigenvalue weighted by atomic mass is 19.4. The third-order valence-corrected chi connectivity index (χ3v) is 7.74. The molecule has 13 nitrogen and oxygen atoms in total. The van der Waals surface area contributed by atoms with E-state index in [1.807, 2.05) is 12.2 Å². The third kappa shape index (κ3) is 14.5. The van der Waals surface area contributed by atoms with Crippen molar-refractivity contribution in [2.24, 2.45) is 11.8 Å². The fourth-order valence-corrected chi connectivity index (χ4v) is 5.22. The molecule has 0 heterocycles. The van der Waals surface area contributed by atoms with Crippen LogP contribution in [0.2, 0.25) is 0 Å². The largest absolute Gasteiger partial charge is 0.493 e. The van der Waals surface area contributed by atoms with Gasteiger partial charge in [0.05, 0.1) is 30.3 Å². The van der Waals surface area contributed by atoms with Crippen molar-refractivity contribution in [1.29, 1.82) is 0 Å². The number of hydrogen-bond donors (Lipinski definition) is 5. The van der Waals surface area contributed by atoms with Gasteiger partial charge >= 0.3 is 18.1 Å². The Labute approximate surface area is 292 Å². The van der Waals surface area contributed by atoms with Crippen LogP contribution < -0.4 is 14.2 Å². The Bertz CT molecular complexity index is 1500. The number of carbonyl (C=O) groups is 2. The van der Waals surface area contributed by atoms with Gasteiger partial charge in [-0.25, -0.2) is 9.63 Å². The third-order valence-electron chi connectivity index (χ3n) is 7.74. The molecule has 3 rings (SSSR count). The van der Waals surface area contributed by atoms with E-state index in [4.69, 9.17) is 29.4 Å². The van der Waals surface area contributed by atoms with Crippen LogP contribution in [0.25, 0.3) is 6.08 Å². The van der Waals surface area contributed by atoms with Gasteiger partial charge in [-0.1, -0.05) is 36.4 Å². The average Bonchev–Trinajstić information content (AvgIpc) is 3.36. The molecule has 51 heavy (non-hydrogen) atoms. The second-order valence-corrected chi connectivity index (χ2v) is 11.5. The highest BCUT2D eigenvalue weighted by Crippen LogP contribution is 2.36. The number of ether oxygens (including phenoxy) is 4. The first-order chi connectivity index (χ1) is 24.3. The van der Waals surface area contributed by atoms with Crippen molar-refractivity contribution in [3.63, 3.8) is 0 Å². The summed E-state index contributed by atoms with van der Waals surface area (Å²) in [5, 5.41) is 47.6. The summed E-state index contributed by atoms with van der Waals surface area (Å²) in [6.07, 6.45) is 3.64. The van der Waals surface area contributed by atoms with Gasteiger partial charge in [-0.2, -0.15) is 13.2 Å². The SMILES string of the molecule is COc1cc(/C=C/C(=O)OCCON(O)O)ccc1OC(=O)CCC/C=C\C[C@@H]1[C@@H](/C=C/[C@@H](O)COc2cccc(C(F)(F)F)c2)[C@H](O)C[C@@H]1O. The highest BCUT2D eigenvalue weighted by molar-refractivity contribution is 5.87. The van der Waals surface area contributed by atoms with Gasteiger partial charge in [0, 0.05) is 24.8 Å². The summed E-state index contributed by atoms with van der Waals surface area (Å²) in [6, 6.07) is 8.99. The Hall–Kier alpha value is -4.29. The summed E-state index contributed by atoms with van der Waals surface area (Å²) in [4.78, 5) is 28.5. The zero-order valence-electron chi connectivity index (χ0n) is 27.7. The maximum Gasteiger partial charge on any atom is 0.416 e. The van der Waals surface area contributed by atoms with Crippen molar-refractivity contribution < 1.29 is 72.3 Å². The minimum atomic E-state index is -4.52. The molecule has 16 heteroatoms. The molecule has 1 fully saturated rings. The van der Waals surface area contributed by atoms with E-state index in [0.29, 0.717) is 24.8 Å². The lowest BCUT2D eigenvalue weighted by molar-refractivity contribution is -0.493. The quantitative estimate of drug-likeness (QED) is 0.0337. The predicted molar refractivity (Wildman–Crippen MR) is 173 cm³/mol. The average molecular weight is 726 g/mol. The molecule has 2 aromatic rings. The van der Waals surface area contributed by atoms with E-state index in [9.17, 15) is 38.1 Å². The molecule has 0 radical (unpaired) electrons. The van der Waals surface area contributed by atoms with Crippen LogP contribution in [0.15, 0.2) is 72.8 Å². The Morgan fingerprint density at radius 1 is 1.04 bits per heavy atom. The Kier molecular flexibility index (Phi) is 16.6. The van der Waals surface area contributed by atoms with Gasteiger partial charge in [0.2, 0.25) is 0 Å². The van der Waals surface area contributed by atoms with Crippen LogP contribution >= 0.6 is 0 Å². The van der Waals surface area contributed by atoms with Gasteiger partial charge in [-0.3, -0.25) is 15.2 Å². The molecule has 0 bridgehead atoms. The van der Waals surface area contributed by atoms with E-state index >= 15 is 0 Å². The second kappa shape index (κ2) is 20.5. The number of halogens is 3. The summed E-state index contributed by atoms with van der Waals surface area (Å²) < 4.78 is 59.6. The number of aliphatic hydroxyl groups is 3. The maximum absolute atomic E-state index is 12.9. The number of aliphatic hydroxyl groups excluding tert-OH is 3. The zero-order chi connectivity index (χ0) is 37.4. The summed E-state index contributed by atoms with van der Waals surface area (Å²) in [7, 11) is 1.40. The minimum absolute atomic E-state index is 0.0446. The molecule has 5 N–H and O–H groups in total. The van der Waals surface area contributed by atoms with E-state index in [2.05, 4.69) is 4.84 Å². The topological polar surface area (TPSA) is 185 Å². The van der Waals surface area contributed by atoms with Gasteiger partial charge in [0.25, 0.3) is 0 Å². The lowest BCUT2D eigenvalue weighted by atomic mass is 9.89. The van der Waals surface area contributed by atoms with Crippen LogP contribution in [-0.4, -0.2) is 88.3 Å². The molecule has 1 saturated carbocycles. The molecule has 0 spiro atoms. The number of carbonyl (C=O) groups excluding carboxylic acids is 2. The molecule has 0 saturated heterocycles. The molecule has 280 valence electrons. The number of hydrogen-bond acceptors (Lipinski definition) is 13. The van der Waals surface area contributed by atoms with Gasteiger partial charge < -0.3 is 34.3 Å². The van der Waals surface area contributed by atoms with E-state index in [1.54, 1.807) is 18.2 Å². The van der Waals surface area contributed by atoms with Crippen LogP contribution in [0.3, 0.4) is 0 Å². The highest BCUT2D eigenvalue weighted by Gasteiger charge is 2.39. The monoisotopic (exact) mass is 725 g/mol. The number of nitrogens with zero attached hydrogens (tertiary/aromatic N) is 1. The van der Waals surface area contributed by atoms with E-state index < -0.39 is 53.3 Å². The van der Waals surface area contributed by atoms with E-state index in [0.717, 1.165) is 18.2 Å². The fraction of sp³-hybridized carbons (Fsp3) is 0.429. The standard InChI is InChI=1S/C35H42F3NO12/c1-47-32-19-23(12-16-33(43)48-17-18-50-39(45)46)11-15-31(32)51-34(44)10-5-3-2-4-9-27-28(30(42)21-29(27)41)14-13-25(40)22-49-26-8-6-7-24(20-26)35(36,37)38/h2,4,6-8,11-16,19-20,25,27-30,40-42,45-46H,3,5,9-10,17-18,21-22H2,1H3/b4-2-,14-13+,16-12+/t25-,27-,28-,29+,30-/m1/s1. The molecular weight excluding hydrogens is 683 g/mol. The number of alkyl halides is 3. The predicted octanol–water partition coefficient (Wildman–Crippen LogP) is 4.66. The normalized spacial score (nSPS) is 20.0. The van der Waals surface area contributed by atoms with E-state index in [-0.39, 0.29) is 55.8 Å². The van der Waals surface area contributed by atoms with Crippen molar-refractivity contribution >= 4 is 18.0 Å². The number of allylic oxidation sites excluding steroid dienone is 2. The summed E-state index contributed by atoms with van der Waals surface area (Å²) >= 11 is 0. The summed E-state index contributed by atoms with van der Waals surface area (Å²) in [5.41, 5.74) is -0.313. The number of methoxy groups -OCH3 is 1. The first-order valence-electron chi connectivity index (χ1n) is 16.0. The number of unbranched alkanes of at least 4 members (excludes halogenated alkanes) is 1. The van der Waals surface area contributed by atoms with Crippen molar-refractivity contribution in [2.45, 2.75) is 56.6 Å². The van der Waals surface area contributed by atoms with Crippen molar-refractivity contribution in [1.82, 2.24) is 5.39 Å². The molecule has 0 aromatic heterocycles. The number of rotatable bonds is 19. The van der Waals surface area contributed by atoms with Crippen LogP contribution in [0, 0.1) is 11.8 Å². The van der Waals surface area contributed by atoms with Gasteiger partial charge in [0.1, 0.15) is 31.7 Å². The smallest absolute Gasteiger partial charge is 0.416 e. The molecule has 5 atom stereocenters. The van der Waals surface area contributed by atoms with Crippen molar-refractivity contribution in [3.8, 4) is 17.2 Å². The molecule has 2 aromatic carbocycles. The van der Waals surface area contributed by atoms with Crippen LogP contribution in [0.5, 0.6) is 17.2 Å². The van der Waals surface area contributed by atoms with Gasteiger partial charge in [-0.05, 0) is 67.2 Å². The van der Waals surface area contributed by atoms with Gasteiger partial charge in [0.15, 0.2) is 11.5 Å².